The van der Waals surface area contributed by atoms with E-state index in [-0.39, 0.29) is 20.3 Å². The molecule has 0 atom stereocenters. The zero-order valence-corrected chi connectivity index (χ0v) is 6.91. The standard InChI is InChI=1S/Cr.3FH.Li.H3O4P.H/c;;;;;1-5(2,3)4;/h;3*1H;;(H3,1,2,3,4);/q+3;;;;+1;;-1/p-3. The van der Waals surface area contributed by atoms with Gasteiger partial charge in [-0.2, -0.15) is 0 Å². The molecule has 10 heteroatoms. The fourth-order valence-corrected chi connectivity index (χ4v) is 0. The number of hydrogen-bond acceptors (Lipinski definition) is 1. The Labute approximate surface area is 73.8 Å². The van der Waals surface area contributed by atoms with Gasteiger partial charge in [0.1, 0.15) is 0 Å². The van der Waals surface area contributed by atoms with Crippen molar-refractivity contribution in [2.75, 3.05) is 0 Å². The summed E-state index contributed by atoms with van der Waals surface area (Å²) in [4.78, 5) is 21.6. The third kappa shape index (κ3) is 549. The first-order valence-corrected chi connectivity index (χ1v) is 4.26. The van der Waals surface area contributed by atoms with Crippen molar-refractivity contribution < 1.29 is 65.6 Å². The van der Waals surface area contributed by atoms with Gasteiger partial charge < -0.3 is 16.1 Å². The molecule has 0 aromatic carbocycles. The van der Waals surface area contributed by atoms with Gasteiger partial charge in [-0.1, -0.05) is 0 Å². The van der Waals surface area contributed by atoms with E-state index < -0.39 is 23.4 Å². The molecule has 0 spiro atoms. The Bertz CT molecular complexity index is 96.5. The Balaban J connectivity index is -0.0000000383. The van der Waals surface area contributed by atoms with Gasteiger partial charge in [0.15, 0.2) is 0 Å². The van der Waals surface area contributed by atoms with Gasteiger partial charge >= 0.3 is 52.8 Å². The van der Waals surface area contributed by atoms with Crippen molar-refractivity contribution in [2.45, 2.75) is 0 Å². The average molecular weight is 215 g/mol. The summed E-state index contributed by atoms with van der Waals surface area (Å²) in [7, 11) is -4.64. The zero-order valence-electron chi connectivity index (χ0n) is 5.74. The third-order valence-corrected chi connectivity index (χ3v) is 0. The van der Waals surface area contributed by atoms with Crippen molar-refractivity contribution in [3.8, 4) is 0 Å². The summed E-state index contributed by atoms with van der Waals surface area (Å²) in [5.41, 5.74) is 0. The molecule has 0 aromatic heterocycles. The Morgan fingerprint density at radius 3 is 1.20 bits per heavy atom. The molecule has 3 N–H and O–H groups in total. The van der Waals surface area contributed by atoms with Crippen LogP contribution in [0.25, 0.3) is 0 Å². The number of phosphoric acid groups is 1. The molecule has 0 rings (SSSR count). The van der Waals surface area contributed by atoms with Gasteiger partial charge in [0, 0.05) is 0 Å². The van der Waals surface area contributed by atoms with Crippen LogP contribution in [0.2, 0.25) is 0 Å². The first kappa shape index (κ1) is 17.2. The molecule has 0 amide bonds. The van der Waals surface area contributed by atoms with E-state index in [9.17, 15) is 10.6 Å². The molecule has 0 unspecified atom stereocenters. The normalized spacial score (nSPS) is 9.50. The van der Waals surface area contributed by atoms with Crippen LogP contribution >= 0.6 is 7.82 Å². The van der Waals surface area contributed by atoms with Gasteiger partial charge in [-0.15, -0.1) is 0 Å². The van der Waals surface area contributed by atoms with Crippen LogP contribution < -0.4 is 18.9 Å². The topological polar surface area (TPSA) is 77.8 Å². The molecule has 0 aromatic rings. The van der Waals surface area contributed by atoms with E-state index >= 15 is 0 Å². The second-order valence-electron chi connectivity index (χ2n) is 0.688. The second-order valence-corrected chi connectivity index (χ2v) is 2.26. The van der Waals surface area contributed by atoms with Crippen LogP contribution in [0.3, 0.4) is 0 Å². The second kappa shape index (κ2) is 8.13. The molecule has 0 radical (unpaired) electrons. The SMILES string of the molecule is O=P(O)(O)O.[F][Cr]([F])[F].[H-].[Li+]. The largest absolute Gasteiger partial charge is 1.00 e. The van der Waals surface area contributed by atoms with Gasteiger partial charge in [-0.3, -0.25) is 0 Å². The van der Waals surface area contributed by atoms with Crippen molar-refractivity contribution in [3.63, 3.8) is 0 Å². The van der Waals surface area contributed by atoms with Crippen molar-refractivity contribution in [3.05, 3.63) is 0 Å². The van der Waals surface area contributed by atoms with Gasteiger partial charge in [0.25, 0.3) is 0 Å². The van der Waals surface area contributed by atoms with Crippen molar-refractivity contribution in [1.82, 2.24) is 0 Å². The molecule has 0 fully saturated rings. The van der Waals surface area contributed by atoms with E-state index in [2.05, 4.69) is 0 Å². The summed E-state index contributed by atoms with van der Waals surface area (Å²) in [6.45, 7) is 0. The zero-order chi connectivity index (χ0) is 8.08. The summed E-state index contributed by atoms with van der Waals surface area (Å²) in [5.74, 6) is 0. The first-order chi connectivity index (χ1) is 3.73. The van der Waals surface area contributed by atoms with Gasteiger partial charge in [-0.25, -0.2) is 4.57 Å². The molecule has 0 aliphatic heterocycles. The number of halogens is 3. The smallest absolute Gasteiger partial charge is 1.00 e. The summed E-state index contributed by atoms with van der Waals surface area (Å²) < 4.78 is 38.3. The average Bonchev–Trinajstić information content (AvgIpc) is 1.19. The van der Waals surface area contributed by atoms with Crippen molar-refractivity contribution >= 4 is 7.82 Å². The summed E-state index contributed by atoms with van der Waals surface area (Å²) >= 11 is -4.54. The maximum Gasteiger partial charge on any atom is 1.00 e. The first-order valence-electron chi connectivity index (χ1n) is 1.25. The minimum atomic E-state index is -4.64. The van der Waals surface area contributed by atoms with Gasteiger partial charge in [-0.05, 0) is 0 Å². The summed E-state index contributed by atoms with van der Waals surface area (Å²) in [6, 6.07) is 0. The summed E-state index contributed by atoms with van der Waals surface area (Å²) in [6.07, 6.45) is 0. The van der Waals surface area contributed by atoms with E-state index in [1.165, 1.54) is 0 Å². The molecule has 4 nitrogen and oxygen atoms in total. The predicted octanol–water partition coefficient (Wildman–Crippen LogP) is -2.55. The fraction of sp³-hybridized carbons (Fsp3) is 0. The maximum absolute atomic E-state index is 9.79. The Kier molecular flexibility index (Phi) is 14.0. The van der Waals surface area contributed by atoms with E-state index in [4.69, 9.17) is 19.2 Å². The van der Waals surface area contributed by atoms with Crippen LogP contribution in [-0.4, -0.2) is 14.7 Å². The van der Waals surface area contributed by atoms with E-state index in [0.717, 1.165) is 0 Å². The minimum Gasteiger partial charge on any atom is -1.00 e. The third-order valence-electron chi connectivity index (χ3n) is 0. The molecule has 0 heterocycles. The fourth-order valence-electron chi connectivity index (χ4n) is 0. The number of hydrogen-bond donors (Lipinski definition) is 3. The van der Waals surface area contributed by atoms with Crippen molar-refractivity contribution in [2.24, 2.45) is 0 Å². The Morgan fingerprint density at radius 1 is 1.20 bits per heavy atom. The van der Waals surface area contributed by atoms with Crippen LogP contribution in [0, 0.1) is 0 Å². The maximum atomic E-state index is 9.79. The van der Waals surface area contributed by atoms with Crippen LogP contribution in [0.1, 0.15) is 1.43 Å². The van der Waals surface area contributed by atoms with Crippen LogP contribution in [0.4, 0.5) is 10.6 Å². The quantitative estimate of drug-likeness (QED) is 0.307. The molecular formula is H4CrF3LiO4P. The van der Waals surface area contributed by atoms with Crippen LogP contribution in [0.15, 0.2) is 0 Å². The molecule has 10 heavy (non-hydrogen) atoms. The Hall–Kier alpha value is 1.03. The molecule has 0 aliphatic rings. The Morgan fingerprint density at radius 2 is 1.20 bits per heavy atom. The predicted molar refractivity (Wildman–Crippen MR) is 18.7 cm³/mol. The number of rotatable bonds is 0. The van der Waals surface area contributed by atoms with E-state index in [1.807, 2.05) is 0 Å². The van der Waals surface area contributed by atoms with Crippen molar-refractivity contribution in [1.29, 1.82) is 0 Å². The summed E-state index contributed by atoms with van der Waals surface area (Å²) in [5, 5.41) is 0. The monoisotopic (exact) mass is 215 g/mol. The molecule has 61 valence electrons. The molecular weight excluding hydrogens is 211 g/mol. The molecule has 0 bridgehead atoms. The van der Waals surface area contributed by atoms with Gasteiger partial charge in [0.2, 0.25) is 0 Å². The molecule has 0 saturated heterocycles. The van der Waals surface area contributed by atoms with Crippen LogP contribution in [0.5, 0.6) is 0 Å². The van der Waals surface area contributed by atoms with Crippen LogP contribution in [-0.2, 0) is 20.1 Å². The molecule has 0 saturated carbocycles. The minimum absolute atomic E-state index is 0. The van der Waals surface area contributed by atoms with Gasteiger partial charge in [0.05, 0.1) is 0 Å². The van der Waals surface area contributed by atoms with E-state index in [1.54, 1.807) is 0 Å². The van der Waals surface area contributed by atoms with E-state index in [0.29, 0.717) is 0 Å². The molecule has 0 aliphatic carbocycles.